The molecule has 1 amide bonds. The zero-order chi connectivity index (χ0) is 26.1. The number of amides is 1. The Hall–Kier alpha value is -1.68. The van der Waals surface area contributed by atoms with Gasteiger partial charge in [0, 0.05) is 36.9 Å². The molecule has 9 heteroatoms. The summed E-state index contributed by atoms with van der Waals surface area (Å²) in [4.78, 5) is 19.1. The van der Waals surface area contributed by atoms with Crippen LogP contribution in [0.3, 0.4) is 0 Å². The first-order valence-electron chi connectivity index (χ1n) is 13.1. The smallest absolute Gasteiger partial charge is 0.410 e. The van der Waals surface area contributed by atoms with Gasteiger partial charge in [-0.25, -0.2) is 4.79 Å². The second-order valence-corrected chi connectivity index (χ2v) is 14.1. The van der Waals surface area contributed by atoms with E-state index in [9.17, 15) is 9.35 Å². The molecule has 2 fully saturated rings. The van der Waals surface area contributed by atoms with Crippen molar-refractivity contribution in [3.63, 3.8) is 0 Å². The minimum absolute atomic E-state index is 0.163. The number of pyridine rings is 1. The van der Waals surface area contributed by atoms with Gasteiger partial charge in [0.1, 0.15) is 27.4 Å². The van der Waals surface area contributed by atoms with E-state index >= 15 is 0 Å². The monoisotopic (exact) mass is 519 g/mol. The van der Waals surface area contributed by atoms with Crippen LogP contribution < -0.4 is 0 Å². The number of hydrogen-bond acceptors (Lipinski definition) is 7. The molecule has 2 saturated heterocycles. The van der Waals surface area contributed by atoms with Crippen LogP contribution in [0.5, 0.6) is 0 Å². The highest BCUT2D eigenvalue weighted by atomic mass is 32.2. The van der Waals surface area contributed by atoms with Gasteiger partial charge in [0.05, 0.1) is 12.3 Å². The zero-order valence-corrected chi connectivity index (χ0v) is 23.4. The highest BCUT2D eigenvalue weighted by Crippen LogP contribution is 2.46. The number of piperidine rings is 1. The third-order valence-corrected chi connectivity index (χ3v) is 8.35. The largest absolute Gasteiger partial charge is 0.591 e. The Bertz CT molecular complexity index is 971. The van der Waals surface area contributed by atoms with E-state index < -0.39 is 21.7 Å². The molecule has 36 heavy (non-hydrogen) atoms. The lowest BCUT2D eigenvalue weighted by Gasteiger charge is -2.39. The van der Waals surface area contributed by atoms with Gasteiger partial charge < -0.3 is 23.7 Å². The fourth-order valence-corrected chi connectivity index (χ4v) is 5.69. The Labute approximate surface area is 218 Å². The quantitative estimate of drug-likeness (QED) is 0.522. The van der Waals surface area contributed by atoms with Crippen molar-refractivity contribution in [2.24, 2.45) is 9.81 Å². The summed E-state index contributed by atoms with van der Waals surface area (Å²) in [5, 5.41) is 0. The molecule has 0 aromatic carbocycles. The van der Waals surface area contributed by atoms with Gasteiger partial charge in [0.2, 0.25) is 0 Å². The molecule has 0 bridgehead atoms. The Balaban J connectivity index is 1.54. The first-order chi connectivity index (χ1) is 16.9. The summed E-state index contributed by atoms with van der Waals surface area (Å²) in [6, 6.07) is 2.10. The molecule has 3 heterocycles. The van der Waals surface area contributed by atoms with Crippen LogP contribution in [0.2, 0.25) is 0 Å². The highest BCUT2D eigenvalue weighted by molar-refractivity contribution is 7.91. The topological polar surface area (TPSA) is 96.3 Å². The number of fused-ring (bicyclic) bond motifs is 1. The fourth-order valence-electron chi connectivity index (χ4n) is 4.96. The molecule has 1 spiro atoms. The number of likely N-dealkylation sites (tertiary alicyclic amines) is 1. The van der Waals surface area contributed by atoms with Crippen LogP contribution in [0.1, 0.15) is 90.5 Å². The maximum Gasteiger partial charge on any atom is 0.410 e. The van der Waals surface area contributed by atoms with E-state index in [1.807, 2.05) is 47.7 Å². The van der Waals surface area contributed by atoms with Gasteiger partial charge in [0.25, 0.3) is 0 Å². The van der Waals surface area contributed by atoms with Crippen molar-refractivity contribution in [3.8, 4) is 0 Å². The zero-order valence-electron chi connectivity index (χ0n) is 22.6. The van der Waals surface area contributed by atoms with Gasteiger partial charge in [-0.05, 0) is 91.7 Å². The van der Waals surface area contributed by atoms with Gasteiger partial charge in [-0.2, -0.15) is 0 Å². The summed E-state index contributed by atoms with van der Waals surface area (Å²) in [6.45, 7) is 13.8. The summed E-state index contributed by atoms with van der Waals surface area (Å²) in [5.41, 5.74) is 3.06. The Kier molecular flexibility index (Phi) is 8.05. The summed E-state index contributed by atoms with van der Waals surface area (Å²) >= 11 is -1.39. The van der Waals surface area contributed by atoms with Crippen molar-refractivity contribution >= 4 is 23.2 Å². The van der Waals surface area contributed by atoms with E-state index in [0.717, 1.165) is 67.7 Å². The van der Waals surface area contributed by atoms with Crippen molar-refractivity contribution in [1.82, 2.24) is 9.88 Å². The molecule has 200 valence electrons. The number of rotatable bonds is 4. The van der Waals surface area contributed by atoms with Crippen molar-refractivity contribution in [1.29, 1.82) is 0 Å². The minimum Gasteiger partial charge on any atom is -0.591 e. The molecule has 1 aliphatic carbocycles. The molecule has 3 aliphatic rings. The summed E-state index contributed by atoms with van der Waals surface area (Å²) in [5.74, 6) is 0. The van der Waals surface area contributed by atoms with E-state index in [1.54, 1.807) is 4.90 Å². The molecule has 4 rings (SSSR count). The molecule has 0 N–H and O–H groups in total. The molecule has 8 nitrogen and oxygen atoms in total. The number of carbonyl (C=O) groups excluding carboxylic acids is 1. The Morgan fingerprint density at radius 2 is 1.97 bits per heavy atom. The number of aromatic nitrogens is 1. The maximum absolute atomic E-state index is 13.1. The second-order valence-electron chi connectivity index (χ2n) is 12.2. The van der Waals surface area contributed by atoms with Crippen molar-refractivity contribution in [2.75, 3.05) is 19.7 Å². The summed E-state index contributed by atoms with van der Waals surface area (Å²) < 4.78 is 34.7. The van der Waals surface area contributed by atoms with Crippen LogP contribution in [-0.4, -0.2) is 62.6 Å². The van der Waals surface area contributed by atoms with E-state index in [4.69, 9.17) is 18.6 Å². The molecular weight excluding hydrogens is 478 g/mol. The van der Waals surface area contributed by atoms with Crippen LogP contribution in [0, 0.1) is 5.41 Å². The molecule has 2 atom stereocenters. The summed E-state index contributed by atoms with van der Waals surface area (Å²) in [6.07, 6.45) is 6.81. The number of nitrogens with zero attached hydrogens (tertiary/aromatic N) is 3. The van der Waals surface area contributed by atoms with Crippen LogP contribution in [0.25, 0.3) is 0 Å². The lowest BCUT2D eigenvalue weighted by atomic mass is 9.74. The normalized spacial score (nSPS) is 24.1. The van der Waals surface area contributed by atoms with Gasteiger partial charge in [-0.15, -0.1) is 0 Å². The third-order valence-electron chi connectivity index (χ3n) is 6.96. The molecule has 0 unspecified atom stereocenters. The van der Waals surface area contributed by atoms with Crippen LogP contribution >= 0.6 is 0 Å². The van der Waals surface area contributed by atoms with E-state index in [0.29, 0.717) is 19.7 Å². The number of carbonyl (C=O) groups is 1. The second kappa shape index (κ2) is 10.6. The summed E-state index contributed by atoms with van der Waals surface area (Å²) in [7, 11) is 0. The minimum atomic E-state index is -1.39. The van der Waals surface area contributed by atoms with E-state index in [-0.39, 0.29) is 17.8 Å². The third kappa shape index (κ3) is 6.41. The van der Waals surface area contributed by atoms with Crippen molar-refractivity contribution < 1.29 is 23.6 Å². The number of hydrogen-bond donors (Lipinski definition) is 0. The average molecular weight is 520 g/mol. The predicted molar refractivity (Wildman–Crippen MR) is 140 cm³/mol. The molecule has 1 aromatic heterocycles. The van der Waals surface area contributed by atoms with Crippen LogP contribution in [0.4, 0.5) is 4.79 Å². The van der Waals surface area contributed by atoms with Gasteiger partial charge in [-0.3, -0.25) is 4.98 Å². The van der Waals surface area contributed by atoms with Crippen molar-refractivity contribution in [3.05, 3.63) is 29.1 Å². The highest BCUT2D eigenvalue weighted by Gasteiger charge is 2.48. The molecular formula is C27H41N3O5S. The predicted octanol–water partition coefficient (Wildman–Crippen LogP) is 4.95. The van der Waals surface area contributed by atoms with E-state index in [1.165, 1.54) is 0 Å². The average Bonchev–Trinajstić information content (AvgIpc) is 3.08. The number of ether oxygens (including phenoxy) is 3. The van der Waals surface area contributed by atoms with E-state index in [2.05, 4.69) is 11.1 Å². The molecule has 0 saturated carbocycles. The first kappa shape index (κ1) is 27.4. The van der Waals surface area contributed by atoms with Crippen molar-refractivity contribution in [2.45, 2.75) is 103 Å². The fraction of sp³-hybridized carbons (Fsp3) is 0.741. The lowest BCUT2D eigenvalue weighted by Crippen LogP contribution is -2.47. The molecule has 0 radical (unpaired) electrons. The van der Waals surface area contributed by atoms with Gasteiger partial charge in [-0.1, -0.05) is 4.40 Å². The van der Waals surface area contributed by atoms with Crippen LogP contribution in [-0.2, 0) is 38.6 Å². The van der Waals surface area contributed by atoms with Crippen LogP contribution in [0.15, 0.2) is 16.7 Å². The molecule has 1 aromatic rings. The SMILES string of the molecule is CC(C)(C)OC(=O)N1CCC2(CC1)Cc1cc(CO[C@@H]3CCCCO3)ncc1/C2=N\[S@+]([O-])C(C)(C)C. The Morgan fingerprint density at radius 1 is 1.25 bits per heavy atom. The standard InChI is InChI=1S/C27H41N3O5S/c1-25(2,3)35-24(31)30-12-10-27(11-13-30)16-19-15-20(18-34-22-9-7-8-14-33-22)28-17-21(19)23(27)29-36(32)26(4,5)6/h15,17,22H,7-14,16,18H2,1-6H3/b29-23+/t22-,36-/m1/s1. The van der Waals surface area contributed by atoms with Gasteiger partial charge >= 0.3 is 6.09 Å². The maximum atomic E-state index is 13.1. The molecule has 2 aliphatic heterocycles. The lowest BCUT2D eigenvalue weighted by molar-refractivity contribution is -0.169. The Morgan fingerprint density at radius 3 is 2.58 bits per heavy atom. The first-order valence-corrected chi connectivity index (χ1v) is 14.2. The van der Waals surface area contributed by atoms with Gasteiger partial charge in [0.15, 0.2) is 6.29 Å².